The van der Waals surface area contributed by atoms with E-state index < -0.39 is 17.8 Å². The van der Waals surface area contributed by atoms with E-state index in [0.717, 1.165) is 16.7 Å². The van der Waals surface area contributed by atoms with Crippen LogP contribution in [0.1, 0.15) is 5.56 Å². The maximum absolute atomic E-state index is 12.7. The summed E-state index contributed by atoms with van der Waals surface area (Å²) < 4.78 is 42.8. The number of tetrazole rings is 1. The maximum atomic E-state index is 12.7. The van der Waals surface area contributed by atoms with Gasteiger partial charge in [-0.3, -0.25) is 9.55 Å². The van der Waals surface area contributed by atoms with E-state index in [2.05, 4.69) is 30.3 Å². The minimum absolute atomic E-state index is 0.0992. The Labute approximate surface area is 165 Å². The van der Waals surface area contributed by atoms with Crippen molar-refractivity contribution in [1.82, 2.24) is 34.7 Å². The van der Waals surface area contributed by atoms with Gasteiger partial charge in [0.2, 0.25) is 11.7 Å². The Morgan fingerprint density at radius 3 is 2.60 bits per heavy atom. The molecule has 30 heavy (non-hydrogen) atoms. The highest BCUT2D eigenvalue weighted by atomic mass is 19.4. The molecule has 0 fully saturated rings. The molecule has 1 aromatic carbocycles. The fourth-order valence-corrected chi connectivity index (χ4v) is 2.79. The molecular formula is C17H12F3N7O3. The van der Waals surface area contributed by atoms with Crippen LogP contribution in [0.2, 0.25) is 0 Å². The molecule has 154 valence electrons. The van der Waals surface area contributed by atoms with E-state index in [1.54, 1.807) is 12.1 Å². The number of pyridine rings is 1. The van der Waals surface area contributed by atoms with Crippen LogP contribution < -0.4 is 10.4 Å². The van der Waals surface area contributed by atoms with Gasteiger partial charge in [0.25, 0.3) is 0 Å². The van der Waals surface area contributed by atoms with Crippen molar-refractivity contribution in [1.29, 1.82) is 0 Å². The van der Waals surface area contributed by atoms with Crippen molar-refractivity contribution in [2.75, 3.05) is 0 Å². The van der Waals surface area contributed by atoms with Gasteiger partial charge in [-0.25, -0.2) is 9.36 Å². The Balaban J connectivity index is 1.60. The molecule has 0 radical (unpaired) electrons. The Kier molecular flexibility index (Phi) is 4.69. The fourth-order valence-electron chi connectivity index (χ4n) is 2.79. The van der Waals surface area contributed by atoms with Gasteiger partial charge in [0.1, 0.15) is 11.4 Å². The summed E-state index contributed by atoms with van der Waals surface area (Å²) in [6.07, 6.45) is -2.09. The van der Waals surface area contributed by atoms with E-state index in [-0.39, 0.29) is 23.9 Å². The van der Waals surface area contributed by atoms with Crippen LogP contribution in [0.3, 0.4) is 0 Å². The monoisotopic (exact) mass is 419 g/mol. The first-order valence-corrected chi connectivity index (χ1v) is 8.36. The normalized spacial score (nSPS) is 11.6. The molecule has 0 aliphatic rings. The van der Waals surface area contributed by atoms with Gasteiger partial charge in [0.05, 0.1) is 18.4 Å². The van der Waals surface area contributed by atoms with Crippen LogP contribution in [0.5, 0.6) is 11.6 Å². The Morgan fingerprint density at radius 2 is 1.93 bits per heavy atom. The van der Waals surface area contributed by atoms with E-state index >= 15 is 0 Å². The van der Waals surface area contributed by atoms with Gasteiger partial charge in [-0.15, -0.1) is 23.4 Å². The van der Waals surface area contributed by atoms with Crippen molar-refractivity contribution < 1.29 is 23.0 Å². The molecule has 0 atom stereocenters. The Morgan fingerprint density at radius 1 is 1.17 bits per heavy atom. The minimum Gasteiger partial charge on any atom is -0.493 e. The average Bonchev–Trinajstić information content (AvgIpc) is 3.31. The summed E-state index contributed by atoms with van der Waals surface area (Å²) in [4.78, 5) is 16.9. The summed E-state index contributed by atoms with van der Waals surface area (Å²) in [5, 5.41) is 23.6. The van der Waals surface area contributed by atoms with Crippen LogP contribution in [0, 0.1) is 0 Å². The molecule has 4 rings (SSSR count). The number of benzene rings is 1. The number of rotatable bonds is 5. The summed E-state index contributed by atoms with van der Waals surface area (Å²) >= 11 is 0. The van der Waals surface area contributed by atoms with Crippen molar-refractivity contribution >= 4 is 0 Å². The van der Waals surface area contributed by atoms with Gasteiger partial charge in [-0.1, -0.05) is 0 Å². The topological polar surface area (TPSA) is 124 Å². The molecule has 0 bridgehead atoms. The molecule has 3 heterocycles. The maximum Gasteiger partial charge on any atom is 0.573 e. The summed E-state index contributed by atoms with van der Waals surface area (Å²) in [7, 11) is 0. The summed E-state index contributed by atoms with van der Waals surface area (Å²) in [6, 6.07) is 7.89. The lowest BCUT2D eigenvalue weighted by molar-refractivity contribution is -0.274. The van der Waals surface area contributed by atoms with Crippen molar-refractivity contribution in [3.8, 4) is 28.8 Å². The number of hydrogen-bond donors (Lipinski definition) is 2. The number of imidazole rings is 1. The fraction of sp³-hybridized carbons (Fsp3) is 0.118. The van der Waals surface area contributed by atoms with Crippen molar-refractivity contribution in [3.05, 3.63) is 64.8 Å². The largest absolute Gasteiger partial charge is 0.573 e. The highest BCUT2D eigenvalue weighted by Crippen LogP contribution is 2.24. The van der Waals surface area contributed by atoms with Crippen LogP contribution in [0.4, 0.5) is 13.2 Å². The lowest BCUT2D eigenvalue weighted by Crippen LogP contribution is -2.23. The zero-order chi connectivity index (χ0) is 21.3. The smallest absolute Gasteiger partial charge is 0.493 e. The second-order valence-corrected chi connectivity index (χ2v) is 6.06. The van der Waals surface area contributed by atoms with Gasteiger partial charge < -0.3 is 9.84 Å². The zero-order valence-corrected chi connectivity index (χ0v) is 14.9. The molecule has 10 nitrogen and oxygen atoms in total. The third-order valence-corrected chi connectivity index (χ3v) is 4.02. The molecule has 0 unspecified atom stereocenters. The number of ether oxygens (including phenoxy) is 1. The summed E-state index contributed by atoms with van der Waals surface area (Å²) in [5.41, 5.74) is 0.707. The number of nitrogens with one attached hydrogen (secondary N) is 1. The third kappa shape index (κ3) is 3.99. The highest BCUT2D eigenvalue weighted by Gasteiger charge is 2.31. The van der Waals surface area contributed by atoms with Gasteiger partial charge in [0, 0.05) is 6.20 Å². The van der Waals surface area contributed by atoms with E-state index in [1.807, 2.05) is 0 Å². The van der Waals surface area contributed by atoms with E-state index in [9.17, 15) is 23.1 Å². The van der Waals surface area contributed by atoms with Crippen LogP contribution >= 0.6 is 0 Å². The van der Waals surface area contributed by atoms with Gasteiger partial charge in [0.15, 0.2) is 0 Å². The molecule has 0 spiro atoms. The lowest BCUT2D eigenvalue weighted by atomic mass is 10.2. The predicted molar refractivity (Wildman–Crippen MR) is 94.9 cm³/mol. The van der Waals surface area contributed by atoms with E-state index in [1.165, 1.54) is 29.1 Å². The molecule has 3 aromatic heterocycles. The number of halogens is 3. The lowest BCUT2D eigenvalue weighted by Gasteiger charge is -2.09. The van der Waals surface area contributed by atoms with Crippen molar-refractivity contribution in [3.63, 3.8) is 0 Å². The Bertz CT molecular complexity index is 1210. The number of aromatic nitrogens is 7. The SMILES string of the molecule is O=c1n(Cc2ccnc(-c3nn[nH]n3)c2)cc(O)n1-c1ccc(OC(F)(F)F)cc1. The second-order valence-electron chi connectivity index (χ2n) is 6.06. The minimum atomic E-state index is -4.82. The first-order valence-electron chi connectivity index (χ1n) is 8.36. The molecule has 4 aromatic rings. The van der Waals surface area contributed by atoms with E-state index in [4.69, 9.17) is 0 Å². The van der Waals surface area contributed by atoms with Crippen LogP contribution in [-0.4, -0.2) is 46.2 Å². The number of H-pyrrole nitrogens is 1. The molecule has 2 N–H and O–H groups in total. The van der Waals surface area contributed by atoms with Gasteiger partial charge in [-0.2, -0.15) is 5.21 Å². The standard InChI is InChI=1S/C17H12F3N7O3/c18-17(19,20)30-12-3-1-11(2-4-12)27-14(28)9-26(16(27)29)8-10-5-6-21-13(7-10)15-22-24-25-23-15/h1-7,9,28H,8H2,(H,22,23,24,25). The first-order chi connectivity index (χ1) is 14.3. The molecule has 0 aliphatic heterocycles. The van der Waals surface area contributed by atoms with E-state index in [0.29, 0.717) is 11.3 Å². The molecule has 0 amide bonds. The molecule has 0 aliphatic carbocycles. The third-order valence-electron chi connectivity index (χ3n) is 4.02. The Hall–Kier alpha value is -4.16. The number of aromatic hydroxyl groups is 1. The van der Waals surface area contributed by atoms with Crippen LogP contribution in [-0.2, 0) is 6.54 Å². The van der Waals surface area contributed by atoms with Crippen LogP contribution in [0.15, 0.2) is 53.6 Å². The quantitative estimate of drug-likeness (QED) is 0.506. The summed E-state index contributed by atoms with van der Waals surface area (Å²) in [6.45, 7) is 0.0992. The van der Waals surface area contributed by atoms with Crippen molar-refractivity contribution in [2.45, 2.75) is 12.9 Å². The number of alkyl halides is 3. The molecular weight excluding hydrogens is 407 g/mol. The highest BCUT2D eigenvalue weighted by molar-refractivity contribution is 5.48. The predicted octanol–water partition coefficient (Wildman–Crippen LogP) is 1.87. The van der Waals surface area contributed by atoms with Crippen LogP contribution in [0.25, 0.3) is 17.2 Å². The molecule has 0 saturated heterocycles. The number of nitrogens with zero attached hydrogens (tertiary/aromatic N) is 6. The van der Waals surface area contributed by atoms with Gasteiger partial charge >= 0.3 is 12.1 Å². The second kappa shape index (κ2) is 7.35. The van der Waals surface area contributed by atoms with Gasteiger partial charge in [-0.05, 0) is 47.2 Å². The summed E-state index contributed by atoms with van der Waals surface area (Å²) in [5.74, 6) is -0.535. The molecule has 13 heteroatoms. The molecule has 0 saturated carbocycles. The average molecular weight is 419 g/mol. The van der Waals surface area contributed by atoms with Crippen molar-refractivity contribution in [2.24, 2.45) is 0 Å². The number of aromatic amines is 1. The number of hydrogen-bond acceptors (Lipinski definition) is 7. The zero-order valence-electron chi connectivity index (χ0n) is 14.9. The first kappa shape index (κ1) is 19.2.